The molecule has 4 heteroatoms. The van der Waals surface area contributed by atoms with Crippen LogP contribution in [0.4, 0.5) is 0 Å². The topological polar surface area (TPSA) is 52.6 Å². The largest absolute Gasteiger partial charge is 0.458 e. The Morgan fingerprint density at radius 3 is 2.67 bits per heavy atom. The first-order chi connectivity index (χ1) is 8.31. The molecule has 18 heavy (non-hydrogen) atoms. The highest BCUT2D eigenvalue weighted by molar-refractivity contribution is 5.87. The second kappa shape index (κ2) is 6.03. The van der Waals surface area contributed by atoms with Crippen LogP contribution in [0.5, 0.6) is 0 Å². The number of rotatable bonds is 3. The molecule has 1 fully saturated rings. The first kappa shape index (κ1) is 14.7. The number of carbonyl (C=O) groups is 2. The minimum atomic E-state index is -0.446. The van der Waals surface area contributed by atoms with Crippen LogP contribution in [-0.4, -0.2) is 24.1 Å². The summed E-state index contributed by atoms with van der Waals surface area (Å²) in [6, 6.07) is 0. The molecule has 102 valence electrons. The molecule has 0 aliphatic carbocycles. The highest BCUT2D eigenvalue weighted by Crippen LogP contribution is 2.28. The fraction of sp³-hybridized carbons (Fsp3) is 0.714. The molecular weight excluding hydrogens is 232 g/mol. The molecule has 0 aromatic rings. The molecule has 0 amide bonds. The molecule has 1 rings (SSSR count). The van der Waals surface area contributed by atoms with Crippen molar-refractivity contribution < 1.29 is 19.1 Å². The van der Waals surface area contributed by atoms with Crippen LogP contribution in [0.15, 0.2) is 12.2 Å². The molecule has 0 saturated carbocycles. The predicted molar refractivity (Wildman–Crippen MR) is 67.8 cm³/mol. The van der Waals surface area contributed by atoms with Crippen molar-refractivity contribution in [3.05, 3.63) is 12.2 Å². The van der Waals surface area contributed by atoms with E-state index in [1.54, 1.807) is 13.8 Å². The summed E-state index contributed by atoms with van der Waals surface area (Å²) in [5.41, 5.74) is 0.350. The summed E-state index contributed by atoms with van der Waals surface area (Å²) in [4.78, 5) is 23.1. The summed E-state index contributed by atoms with van der Waals surface area (Å²) in [7, 11) is 0. The van der Waals surface area contributed by atoms with Crippen molar-refractivity contribution in [2.75, 3.05) is 0 Å². The van der Waals surface area contributed by atoms with Crippen molar-refractivity contribution >= 4 is 11.9 Å². The molecule has 1 aliphatic rings. The molecule has 1 saturated heterocycles. The van der Waals surface area contributed by atoms with Crippen molar-refractivity contribution in [2.45, 2.75) is 52.7 Å². The summed E-state index contributed by atoms with van der Waals surface area (Å²) < 4.78 is 10.6. The van der Waals surface area contributed by atoms with Gasteiger partial charge in [0.05, 0.1) is 0 Å². The van der Waals surface area contributed by atoms with Crippen molar-refractivity contribution in [1.29, 1.82) is 0 Å². The molecule has 0 spiro atoms. The van der Waals surface area contributed by atoms with Crippen molar-refractivity contribution in [3.63, 3.8) is 0 Å². The van der Waals surface area contributed by atoms with Crippen LogP contribution in [0.1, 0.15) is 40.5 Å². The molecule has 0 N–H and O–H groups in total. The zero-order valence-electron chi connectivity index (χ0n) is 11.6. The maximum atomic E-state index is 11.6. The fourth-order valence-electron chi connectivity index (χ4n) is 2.35. The lowest BCUT2D eigenvalue weighted by Gasteiger charge is -2.27. The number of ether oxygens (including phenoxy) is 2. The Morgan fingerprint density at radius 1 is 1.50 bits per heavy atom. The maximum absolute atomic E-state index is 11.6. The Balaban J connectivity index is 2.70. The van der Waals surface area contributed by atoms with Gasteiger partial charge in [0.1, 0.15) is 12.2 Å². The Hall–Kier alpha value is -1.32. The van der Waals surface area contributed by atoms with Gasteiger partial charge in [-0.3, -0.25) is 4.79 Å². The average Bonchev–Trinajstić information content (AvgIpc) is 2.36. The van der Waals surface area contributed by atoms with Gasteiger partial charge in [-0.15, -0.1) is 0 Å². The van der Waals surface area contributed by atoms with Gasteiger partial charge >= 0.3 is 11.9 Å². The van der Waals surface area contributed by atoms with Crippen LogP contribution in [0, 0.1) is 11.8 Å². The van der Waals surface area contributed by atoms with Gasteiger partial charge in [-0.1, -0.05) is 20.4 Å². The predicted octanol–water partition coefficient (Wildman–Crippen LogP) is 2.47. The Kier molecular flexibility index (Phi) is 4.93. The monoisotopic (exact) mass is 254 g/mol. The SMILES string of the molecule is C=C(C)C(=O)OC(C)C1OC(=O)CC(C)CC1C. The van der Waals surface area contributed by atoms with Gasteiger partial charge in [-0.25, -0.2) is 4.79 Å². The van der Waals surface area contributed by atoms with Crippen LogP contribution in [0.2, 0.25) is 0 Å². The molecule has 4 atom stereocenters. The molecule has 0 aromatic heterocycles. The van der Waals surface area contributed by atoms with Gasteiger partial charge in [0.25, 0.3) is 0 Å². The van der Waals surface area contributed by atoms with Crippen LogP contribution in [0.3, 0.4) is 0 Å². The van der Waals surface area contributed by atoms with Gasteiger partial charge in [-0.2, -0.15) is 0 Å². The van der Waals surface area contributed by atoms with Crippen LogP contribution in [-0.2, 0) is 19.1 Å². The number of esters is 2. The lowest BCUT2D eigenvalue weighted by Crippen LogP contribution is -2.36. The molecule has 0 bridgehead atoms. The second-order valence-electron chi connectivity index (χ2n) is 5.37. The maximum Gasteiger partial charge on any atom is 0.333 e. The molecule has 4 nitrogen and oxygen atoms in total. The average molecular weight is 254 g/mol. The highest BCUT2D eigenvalue weighted by atomic mass is 16.6. The summed E-state index contributed by atoms with van der Waals surface area (Å²) in [5.74, 6) is -0.168. The van der Waals surface area contributed by atoms with E-state index in [1.807, 2.05) is 13.8 Å². The molecule has 4 unspecified atom stereocenters. The van der Waals surface area contributed by atoms with Crippen LogP contribution < -0.4 is 0 Å². The third-order valence-electron chi connectivity index (χ3n) is 3.22. The van der Waals surface area contributed by atoms with E-state index < -0.39 is 12.1 Å². The minimum absolute atomic E-state index is 0.180. The van der Waals surface area contributed by atoms with Gasteiger partial charge < -0.3 is 9.47 Å². The third-order valence-corrected chi connectivity index (χ3v) is 3.22. The number of cyclic esters (lactones) is 1. The first-order valence-electron chi connectivity index (χ1n) is 6.37. The zero-order valence-corrected chi connectivity index (χ0v) is 11.6. The minimum Gasteiger partial charge on any atom is -0.458 e. The lowest BCUT2D eigenvalue weighted by molar-refractivity contribution is -0.166. The number of hydrogen-bond donors (Lipinski definition) is 0. The van der Waals surface area contributed by atoms with E-state index in [9.17, 15) is 9.59 Å². The van der Waals surface area contributed by atoms with Crippen molar-refractivity contribution in [1.82, 2.24) is 0 Å². The lowest BCUT2D eigenvalue weighted by atomic mass is 9.90. The third kappa shape index (κ3) is 3.86. The van der Waals surface area contributed by atoms with Crippen molar-refractivity contribution in [2.24, 2.45) is 11.8 Å². The summed E-state index contributed by atoms with van der Waals surface area (Å²) in [6.45, 7) is 10.9. The highest BCUT2D eigenvalue weighted by Gasteiger charge is 2.34. The molecule has 1 aliphatic heterocycles. The van der Waals surface area contributed by atoms with E-state index in [2.05, 4.69) is 6.58 Å². The van der Waals surface area contributed by atoms with E-state index in [0.29, 0.717) is 17.9 Å². The molecular formula is C14H22O4. The summed E-state index contributed by atoms with van der Waals surface area (Å²) in [5, 5.41) is 0. The van der Waals surface area contributed by atoms with Crippen LogP contribution >= 0.6 is 0 Å². The number of carbonyl (C=O) groups excluding carboxylic acids is 2. The van der Waals surface area contributed by atoms with Gasteiger partial charge in [0, 0.05) is 12.0 Å². The van der Waals surface area contributed by atoms with Crippen molar-refractivity contribution in [3.8, 4) is 0 Å². The quantitative estimate of drug-likeness (QED) is 0.573. The van der Waals surface area contributed by atoms with Gasteiger partial charge in [0.15, 0.2) is 0 Å². The molecule has 1 heterocycles. The summed E-state index contributed by atoms with van der Waals surface area (Å²) in [6.07, 6.45) is 0.511. The van der Waals surface area contributed by atoms with Gasteiger partial charge in [-0.05, 0) is 32.1 Å². The standard InChI is InChI=1S/C14H22O4/c1-8(2)14(16)17-11(5)13-10(4)6-9(3)7-12(15)18-13/h9-11,13H,1,6-7H2,2-5H3. The smallest absolute Gasteiger partial charge is 0.333 e. The number of hydrogen-bond acceptors (Lipinski definition) is 4. The molecule has 0 radical (unpaired) electrons. The van der Waals surface area contributed by atoms with E-state index >= 15 is 0 Å². The van der Waals surface area contributed by atoms with Gasteiger partial charge in [0.2, 0.25) is 0 Å². The Bertz CT molecular complexity index is 348. The molecule has 0 aromatic carbocycles. The zero-order chi connectivity index (χ0) is 13.9. The van der Waals surface area contributed by atoms with E-state index in [0.717, 1.165) is 6.42 Å². The second-order valence-corrected chi connectivity index (χ2v) is 5.37. The fourth-order valence-corrected chi connectivity index (χ4v) is 2.35. The van der Waals surface area contributed by atoms with Crippen LogP contribution in [0.25, 0.3) is 0 Å². The first-order valence-corrected chi connectivity index (χ1v) is 6.37. The summed E-state index contributed by atoms with van der Waals surface area (Å²) >= 11 is 0. The Labute approximate surface area is 108 Å². The normalized spacial score (nSPS) is 30.0. The van der Waals surface area contributed by atoms with E-state index in [1.165, 1.54) is 0 Å². The Morgan fingerprint density at radius 2 is 2.11 bits per heavy atom. The van der Waals surface area contributed by atoms with E-state index in [4.69, 9.17) is 9.47 Å². The van der Waals surface area contributed by atoms with E-state index in [-0.39, 0.29) is 18.0 Å².